The molecular formula is C14H20ClIN2O. The van der Waals surface area contributed by atoms with Crippen molar-refractivity contribution in [1.29, 1.82) is 0 Å². The van der Waals surface area contributed by atoms with E-state index in [2.05, 4.69) is 46.7 Å². The molecule has 0 saturated carbocycles. The van der Waals surface area contributed by atoms with E-state index in [0.717, 1.165) is 10.1 Å². The van der Waals surface area contributed by atoms with Gasteiger partial charge >= 0.3 is 0 Å². The molecule has 0 radical (unpaired) electrons. The summed E-state index contributed by atoms with van der Waals surface area (Å²) in [4.78, 5) is 14.2. The van der Waals surface area contributed by atoms with Crippen LogP contribution in [0.4, 0.5) is 0 Å². The first-order valence-electron chi connectivity index (χ1n) is 6.09. The highest BCUT2D eigenvalue weighted by molar-refractivity contribution is 14.1. The lowest BCUT2D eigenvalue weighted by Gasteiger charge is -2.28. The topological polar surface area (TPSA) is 32.3 Å². The molecule has 1 N–H and O–H groups in total. The van der Waals surface area contributed by atoms with Crippen molar-refractivity contribution in [3.63, 3.8) is 0 Å². The van der Waals surface area contributed by atoms with Gasteiger partial charge in [0.2, 0.25) is 0 Å². The van der Waals surface area contributed by atoms with Crippen LogP contribution in [-0.4, -0.2) is 38.0 Å². The predicted octanol–water partition coefficient (Wildman–Crippen LogP) is 3.26. The number of carbonyl (C=O) groups excluding carboxylic acids is 1. The number of nitrogens with zero attached hydrogens (tertiary/aromatic N) is 1. The minimum atomic E-state index is -0.0542. The molecular weight excluding hydrogens is 375 g/mol. The first kappa shape index (κ1) is 16.7. The third-order valence-electron chi connectivity index (χ3n) is 2.65. The van der Waals surface area contributed by atoms with Crippen LogP contribution in [0, 0.1) is 8.99 Å². The molecule has 5 heteroatoms. The van der Waals surface area contributed by atoms with Gasteiger partial charge in [-0.15, -0.1) is 0 Å². The van der Waals surface area contributed by atoms with Crippen LogP contribution >= 0.6 is 34.2 Å². The van der Waals surface area contributed by atoms with E-state index in [9.17, 15) is 4.79 Å². The van der Waals surface area contributed by atoms with Gasteiger partial charge in [-0.25, -0.2) is 0 Å². The highest BCUT2D eigenvalue weighted by Crippen LogP contribution is 2.20. The number of nitrogens with one attached hydrogen (secondary N) is 1. The molecule has 0 spiro atoms. The van der Waals surface area contributed by atoms with E-state index in [1.165, 1.54) is 0 Å². The quantitative estimate of drug-likeness (QED) is 0.778. The lowest BCUT2D eigenvalue weighted by molar-refractivity contribution is 0.0929. The molecule has 3 nitrogen and oxygen atoms in total. The van der Waals surface area contributed by atoms with Gasteiger partial charge in [-0.2, -0.15) is 0 Å². The summed E-state index contributed by atoms with van der Waals surface area (Å²) >= 11 is 8.07. The Morgan fingerprint density at radius 2 is 2.05 bits per heavy atom. The van der Waals surface area contributed by atoms with E-state index < -0.39 is 0 Å². The van der Waals surface area contributed by atoms with Gasteiger partial charge in [-0.3, -0.25) is 4.79 Å². The largest absolute Gasteiger partial charge is 0.351 e. The van der Waals surface area contributed by atoms with Gasteiger partial charge in [-0.1, -0.05) is 25.4 Å². The van der Waals surface area contributed by atoms with Crippen LogP contribution in [0.2, 0.25) is 5.02 Å². The van der Waals surface area contributed by atoms with Crippen molar-refractivity contribution in [2.75, 3.05) is 27.2 Å². The highest BCUT2D eigenvalue weighted by atomic mass is 127. The number of carbonyl (C=O) groups is 1. The number of hydrogen-bond donors (Lipinski definition) is 1. The Labute approximate surface area is 133 Å². The smallest absolute Gasteiger partial charge is 0.251 e. The second-order valence-corrected chi connectivity index (χ2v) is 7.28. The zero-order chi connectivity index (χ0) is 14.6. The molecule has 0 aliphatic carbocycles. The third-order valence-corrected chi connectivity index (χ3v) is 4.19. The fourth-order valence-corrected chi connectivity index (χ4v) is 2.60. The van der Waals surface area contributed by atoms with Crippen LogP contribution in [0.25, 0.3) is 0 Å². The predicted molar refractivity (Wildman–Crippen MR) is 88.8 cm³/mol. The summed E-state index contributed by atoms with van der Waals surface area (Å²) in [6.45, 7) is 5.84. The second kappa shape index (κ2) is 6.90. The van der Waals surface area contributed by atoms with E-state index in [1.807, 2.05) is 14.1 Å². The molecule has 0 aliphatic rings. The molecule has 0 fully saturated rings. The van der Waals surface area contributed by atoms with E-state index in [1.54, 1.807) is 18.2 Å². The lowest BCUT2D eigenvalue weighted by Crippen LogP contribution is -2.40. The maximum absolute atomic E-state index is 12.1. The van der Waals surface area contributed by atoms with Crippen molar-refractivity contribution in [2.24, 2.45) is 5.41 Å². The molecule has 0 aromatic heterocycles. The average Bonchev–Trinajstić information content (AvgIpc) is 2.28. The van der Waals surface area contributed by atoms with Crippen molar-refractivity contribution in [3.05, 3.63) is 32.4 Å². The molecule has 0 heterocycles. The standard InChI is InChI=1S/C14H20ClIN2O/c1-14(2,9-18(3)4)8-17-13(19)10-5-6-11(15)12(16)7-10/h5-7H,8-9H2,1-4H3,(H,17,19). The Hall–Kier alpha value is -0.330. The van der Waals surface area contributed by atoms with Crippen LogP contribution in [0.1, 0.15) is 24.2 Å². The highest BCUT2D eigenvalue weighted by Gasteiger charge is 2.20. The van der Waals surface area contributed by atoms with Crippen LogP contribution in [0.15, 0.2) is 18.2 Å². The fourth-order valence-electron chi connectivity index (χ4n) is 1.97. The summed E-state index contributed by atoms with van der Waals surface area (Å²) < 4.78 is 0.888. The van der Waals surface area contributed by atoms with E-state index >= 15 is 0 Å². The molecule has 0 bridgehead atoms. The minimum absolute atomic E-state index is 0.0404. The maximum atomic E-state index is 12.1. The van der Waals surface area contributed by atoms with Crippen LogP contribution in [0.5, 0.6) is 0 Å². The van der Waals surface area contributed by atoms with Crippen LogP contribution in [-0.2, 0) is 0 Å². The average molecular weight is 395 g/mol. The lowest BCUT2D eigenvalue weighted by atomic mass is 9.93. The number of amides is 1. The van der Waals surface area contributed by atoms with Gasteiger partial charge in [-0.05, 0) is 60.3 Å². The fraction of sp³-hybridized carbons (Fsp3) is 0.500. The summed E-state index contributed by atoms with van der Waals surface area (Å²) in [5.74, 6) is -0.0542. The molecule has 1 rings (SSSR count). The zero-order valence-electron chi connectivity index (χ0n) is 11.8. The molecule has 0 saturated heterocycles. The molecule has 106 valence electrons. The molecule has 1 aromatic rings. The summed E-state index contributed by atoms with van der Waals surface area (Å²) in [7, 11) is 4.07. The van der Waals surface area contributed by atoms with Gasteiger partial charge in [0, 0.05) is 22.2 Å². The van der Waals surface area contributed by atoms with Gasteiger partial charge in [0.15, 0.2) is 0 Å². The van der Waals surface area contributed by atoms with Gasteiger partial charge in [0.1, 0.15) is 0 Å². The van der Waals surface area contributed by atoms with Crippen molar-refractivity contribution >= 4 is 40.1 Å². The van der Waals surface area contributed by atoms with Crippen molar-refractivity contribution < 1.29 is 4.79 Å². The molecule has 1 amide bonds. The molecule has 0 atom stereocenters. The first-order chi connectivity index (χ1) is 8.71. The Bertz CT molecular complexity index is 461. The Kier molecular flexibility index (Phi) is 6.08. The Balaban J connectivity index is 2.62. The maximum Gasteiger partial charge on any atom is 0.251 e. The van der Waals surface area contributed by atoms with Gasteiger partial charge < -0.3 is 10.2 Å². The Morgan fingerprint density at radius 3 is 2.58 bits per heavy atom. The SMILES string of the molecule is CN(C)CC(C)(C)CNC(=O)c1ccc(Cl)c(I)c1. The number of hydrogen-bond acceptors (Lipinski definition) is 2. The van der Waals surface area contributed by atoms with Crippen molar-refractivity contribution in [2.45, 2.75) is 13.8 Å². The van der Waals surface area contributed by atoms with Crippen molar-refractivity contribution in [1.82, 2.24) is 10.2 Å². The molecule has 0 aliphatic heterocycles. The van der Waals surface area contributed by atoms with Crippen LogP contribution < -0.4 is 5.32 Å². The first-order valence-corrected chi connectivity index (χ1v) is 7.55. The number of rotatable bonds is 5. The van der Waals surface area contributed by atoms with Gasteiger partial charge in [0.05, 0.1) is 5.02 Å². The molecule has 19 heavy (non-hydrogen) atoms. The molecule has 1 aromatic carbocycles. The monoisotopic (exact) mass is 394 g/mol. The number of benzene rings is 1. The summed E-state index contributed by atoms with van der Waals surface area (Å²) in [5, 5.41) is 3.65. The summed E-state index contributed by atoms with van der Waals surface area (Å²) in [6.07, 6.45) is 0. The third kappa shape index (κ3) is 5.67. The van der Waals surface area contributed by atoms with Gasteiger partial charge in [0.25, 0.3) is 5.91 Å². The van der Waals surface area contributed by atoms with E-state index in [-0.39, 0.29) is 11.3 Å². The van der Waals surface area contributed by atoms with Crippen molar-refractivity contribution in [3.8, 4) is 0 Å². The Morgan fingerprint density at radius 1 is 1.42 bits per heavy atom. The molecule has 0 unspecified atom stereocenters. The number of halogens is 2. The summed E-state index contributed by atoms with van der Waals surface area (Å²) in [6, 6.07) is 5.30. The zero-order valence-corrected chi connectivity index (χ0v) is 14.7. The second-order valence-electron chi connectivity index (χ2n) is 5.71. The van der Waals surface area contributed by atoms with E-state index in [4.69, 9.17) is 11.6 Å². The van der Waals surface area contributed by atoms with E-state index in [0.29, 0.717) is 17.1 Å². The summed E-state index contributed by atoms with van der Waals surface area (Å²) in [5.41, 5.74) is 0.688. The normalized spacial score (nSPS) is 11.7. The van der Waals surface area contributed by atoms with Crippen LogP contribution in [0.3, 0.4) is 0 Å². The minimum Gasteiger partial charge on any atom is -0.351 e.